The first-order chi connectivity index (χ1) is 8.90. The Balaban J connectivity index is 2.09. The highest BCUT2D eigenvalue weighted by Gasteiger charge is 2.27. The summed E-state index contributed by atoms with van der Waals surface area (Å²) in [6.45, 7) is 3.20. The first-order valence-corrected chi connectivity index (χ1v) is 5.85. The number of amides is 1. The summed E-state index contributed by atoms with van der Waals surface area (Å²) in [6, 6.07) is 5.14. The SMILES string of the molecule is CC(C)(CNC(=O)c1ccc2[nH]ncc2c1)C(=O)O. The molecular formula is C13H15N3O3. The number of aliphatic carboxylic acids is 1. The van der Waals surface area contributed by atoms with Crippen LogP contribution in [0.3, 0.4) is 0 Å². The number of benzene rings is 1. The topological polar surface area (TPSA) is 95.1 Å². The maximum atomic E-state index is 11.9. The Morgan fingerprint density at radius 3 is 2.84 bits per heavy atom. The van der Waals surface area contributed by atoms with Crippen molar-refractivity contribution < 1.29 is 14.7 Å². The van der Waals surface area contributed by atoms with Gasteiger partial charge in [0.1, 0.15) is 0 Å². The van der Waals surface area contributed by atoms with E-state index in [-0.39, 0.29) is 12.5 Å². The third-order valence-corrected chi connectivity index (χ3v) is 2.97. The molecule has 1 aromatic heterocycles. The number of carboxylic acid groups (broad SMARTS) is 1. The van der Waals surface area contributed by atoms with Crippen LogP contribution in [0.25, 0.3) is 10.9 Å². The minimum atomic E-state index is -0.991. The lowest BCUT2D eigenvalue weighted by Crippen LogP contribution is -2.38. The number of nitrogens with one attached hydrogen (secondary N) is 2. The molecule has 1 aromatic carbocycles. The Bertz CT molecular complexity index is 631. The van der Waals surface area contributed by atoms with Crippen molar-refractivity contribution in [2.24, 2.45) is 5.41 Å². The first kappa shape index (κ1) is 13.1. The molecule has 1 amide bonds. The molecule has 0 aliphatic heterocycles. The van der Waals surface area contributed by atoms with Gasteiger partial charge in [-0.3, -0.25) is 14.7 Å². The fourth-order valence-electron chi connectivity index (χ4n) is 1.56. The van der Waals surface area contributed by atoms with Gasteiger partial charge in [0.05, 0.1) is 17.1 Å². The predicted molar refractivity (Wildman–Crippen MR) is 69.8 cm³/mol. The van der Waals surface area contributed by atoms with Crippen LogP contribution in [0.1, 0.15) is 24.2 Å². The maximum absolute atomic E-state index is 11.9. The summed E-state index contributed by atoms with van der Waals surface area (Å²) in [5, 5.41) is 19.1. The monoisotopic (exact) mass is 261 g/mol. The summed E-state index contributed by atoms with van der Waals surface area (Å²) in [7, 11) is 0. The summed E-state index contributed by atoms with van der Waals surface area (Å²) < 4.78 is 0. The van der Waals surface area contributed by atoms with Gasteiger partial charge in [0.15, 0.2) is 0 Å². The molecule has 19 heavy (non-hydrogen) atoms. The predicted octanol–water partition coefficient (Wildman–Crippen LogP) is 1.40. The second kappa shape index (κ2) is 4.72. The molecule has 3 N–H and O–H groups in total. The van der Waals surface area contributed by atoms with Crippen molar-refractivity contribution in [2.75, 3.05) is 6.54 Å². The summed E-state index contributed by atoms with van der Waals surface area (Å²) in [5.74, 6) is -1.24. The van der Waals surface area contributed by atoms with E-state index in [1.807, 2.05) is 0 Å². The zero-order valence-corrected chi connectivity index (χ0v) is 10.7. The maximum Gasteiger partial charge on any atom is 0.310 e. The minimum absolute atomic E-state index is 0.0740. The number of hydrogen-bond acceptors (Lipinski definition) is 3. The van der Waals surface area contributed by atoms with Crippen molar-refractivity contribution in [2.45, 2.75) is 13.8 Å². The van der Waals surface area contributed by atoms with Crippen LogP contribution in [0.15, 0.2) is 24.4 Å². The van der Waals surface area contributed by atoms with E-state index < -0.39 is 11.4 Å². The summed E-state index contributed by atoms with van der Waals surface area (Å²) in [5.41, 5.74) is 0.340. The van der Waals surface area contributed by atoms with E-state index in [9.17, 15) is 9.59 Å². The Kier molecular flexibility index (Phi) is 3.25. The number of carbonyl (C=O) groups is 2. The molecule has 2 rings (SSSR count). The molecule has 6 nitrogen and oxygen atoms in total. The van der Waals surface area contributed by atoms with Gasteiger partial charge in [-0.15, -0.1) is 0 Å². The number of carbonyl (C=O) groups excluding carboxylic acids is 1. The highest BCUT2D eigenvalue weighted by atomic mass is 16.4. The zero-order valence-electron chi connectivity index (χ0n) is 10.7. The lowest BCUT2D eigenvalue weighted by atomic mass is 9.94. The minimum Gasteiger partial charge on any atom is -0.481 e. The molecular weight excluding hydrogens is 246 g/mol. The van der Waals surface area contributed by atoms with E-state index in [1.165, 1.54) is 0 Å². The third-order valence-electron chi connectivity index (χ3n) is 2.97. The summed E-state index contributed by atoms with van der Waals surface area (Å²) >= 11 is 0. The Morgan fingerprint density at radius 2 is 2.16 bits per heavy atom. The van der Waals surface area contributed by atoms with E-state index in [0.717, 1.165) is 10.9 Å². The largest absolute Gasteiger partial charge is 0.481 e. The number of aromatic amines is 1. The zero-order chi connectivity index (χ0) is 14.0. The lowest BCUT2D eigenvalue weighted by molar-refractivity contribution is -0.146. The van der Waals surface area contributed by atoms with Crippen molar-refractivity contribution in [1.29, 1.82) is 0 Å². The number of rotatable bonds is 4. The van der Waals surface area contributed by atoms with E-state index in [0.29, 0.717) is 5.56 Å². The molecule has 0 fully saturated rings. The van der Waals surface area contributed by atoms with Crippen LogP contribution >= 0.6 is 0 Å². The van der Waals surface area contributed by atoms with Gasteiger partial charge in [-0.25, -0.2) is 0 Å². The Labute approximate surface area is 109 Å². The van der Waals surface area contributed by atoms with Crippen molar-refractivity contribution in [3.8, 4) is 0 Å². The third kappa shape index (κ3) is 2.73. The van der Waals surface area contributed by atoms with Crippen LogP contribution in [0.5, 0.6) is 0 Å². The molecule has 0 radical (unpaired) electrons. The Hall–Kier alpha value is -2.37. The van der Waals surface area contributed by atoms with Crippen LogP contribution in [-0.4, -0.2) is 33.7 Å². The van der Waals surface area contributed by atoms with Crippen LogP contribution < -0.4 is 5.32 Å². The summed E-state index contributed by atoms with van der Waals surface area (Å²) in [4.78, 5) is 22.9. The van der Waals surface area contributed by atoms with Gasteiger partial charge in [-0.1, -0.05) is 0 Å². The summed E-state index contributed by atoms with van der Waals surface area (Å²) in [6.07, 6.45) is 1.63. The molecule has 1 heterocycles. The molecule has 2 aromatic rings. The van der Waals surface area contributed by atoms with Gasteiger partial charge >= 0.3 is 5.97 Å². The van der Waals surface area contributed by atoms with Gasteiger partial charge in [0.25, 0.3) is 5.91 Å². The number of H-pyrrole nitrogens is 1. The van der Waals surface area contributed by atoms with E-state index >= 15 is 0 Å². The lowest BCUT2D eigenvalue weighted by Gasteiger charge is -2.19. The van der Waals surface area contributed by atoms with Crippen molar-refractivity contribution in [3.05, 3.63) is 30.0 Å². The van der Waals surface area contributed by atoms with Crippen molar-refractivity contribution >= 4 is 22.8 Å². The van der Waals surface area contributed by atoms with Crippen LogP contribution in [0.2, 0.25) is 0 Å². The number of fused-ring (bicyclic) bond motifs is 1. The standard InChI is InChI=1S/C13H15N3O3/c1-13(2,12(18)19)7-14-11(17)8-3-4-10-9(5-8)6-15-16-10/h3-6H,7H2,1-2H3,(H,14,17)(H,15,16)(H,18,19). The van der Waals surface area contributed by atoms with Crippen LogP contribution in [-0.2, 0) is 4.79 Å². The van der Waals surface area contributed by atoms with Gasteiger partial charge in [0, 0.05) is 17.5 Å². The van der Waals surface area contributed by atoms with Gasteiger partial charge < -0.3 is 10.4 Å². The number of hydrogen-bond donors (Lipinski definition) is 3. The van der Waals surface area contributed by atoms with E-state index in [2.05, 4.69) is 15.5 Å². The fraction of sp³-hybridized carbons (Fsp3) is 0.308. The average molecular weight is 261 g/mol. The molecule has 0 bridgehead atoms. The average Bonchev–Trinajstić information content (AvgIpc) is 2.82. The van der Waals surface area contributed by atoms with Crippen molar-refractivity contribution in [1.82, 2.24) is 15.5 Å². The molecule has 0 atom stereocenters. The normalized spacial score (nSPS) is 11.5. The number of aromatic nitrogens is 2. The van der Waals surface area contributed by atoms with Crippen LogP contribution in [0.4, 0.5) is 0 Å². The van der Waals surface area contributed by atoms with Gasteiger partial charge in [-0.05, 0) is 32.0 Å². The molecule has 0 aliphatic carbocycles. The molecule has 0 unspecified atom stereocenters. The second-order valence-electron chi connectivity index (χ2n) is 5.04. The van der Waals surface area contributed by atoms with Crippen LogP contribution in [0, 0.1) is 5.41 Å². The highest BCUT2D eigenvalue weighted by molar-refractivity contribution is 5.98. The Morgan fingerprint density at radius 1 is 1.42 bits per heavy atom. The highest BCUT2D eigenvalue weighted by Crippen LogP contribution is 2.15. The first-order valence-electron chi connectivity index (χ1n) is 5.85. The quantitative estimate of drug-likeness (QED) is 0.775. The molecule has 0 aliphatic rings. The number of carboxylic acids is 1. The smallest absolute Gasteiger partial charge is 0.310 e. The molecule has 0 saturated heterocycles. The molecule has 0 spiro atoms. The second-order valence-corrected chi connectivity index (χ2v) is 5.04. The van der Waals surface area contributed by atoms with E-state index in [4.69, 9.17) is 5.11 Å². The van der Waals surface area contributed by atoms with Gasteiger partial charge in [-0.2, -0.15) is 5.10 Å². The van der Waals surface area contributed by atoms with Gasteiger partial charge in [0.2, 0.25) is 0 Å². The number of nitrogens with zero attached hydrogens (tertiary/aromatic N) is 1. The molecule has 6 heteroatoms. The fourth-order valence-corrected chi connectivity index (χ4v) is 1.56. The van der Waals surface area contributed by atoms with E-state index in [1.54, 1.807) is 38.2 Å². The molecule has 100 valence electrons. The molecule has 0 saturated carbocycles. The van der Waals surface area contributed by atoms with Crippen molar-refractivity contribution in [3.63, 3.8) is 0 Å².